The highest BCUT2D eigenvalue weighted by atomic mass is 32.1. The number of pyridine rings is 1. The average molecular weight is 243 g/mol. The van der Waals surface area contributed by atoms with Crippen LogP contribution < -0.4 is 5.73 Å². The van der Waals surface area contributed by atoms with Crippen LogP contribution in [0.5, 0.6) is 0 Å². The number of thiophene rings is 1. The summed E-state index contributed by atoms with van der Waals surface area (Å²) in [6.45, 7) is 0. The minimum Gasteiger partial charge on any atom is -0.367 e. The van der Waals surface area contributed by atoms with E-state index < -0.39 is 0 Å². The van der Waals surface area contributed by atoms with Crippen molar-refractivity contribution in [2.45, 2.75) is 0 Å². The largest absolute Gasteiger partial charge is 0.367 e. The molecule has 0 aliphatic carbocycles. The highest BCUT2D eigenvalue weighted by Crippen LogP contribution is 2.36. The zero-order valence-corrected chi connectivity index (χ0v) is 9.65. The number of nitrogen functional groups attached to an aromatic ring is 1. The van der Waals surface area contributed by atoms with Gasteiger partial charge in [-0.2, -0.15) is 11.3 Å². The normalized spacial score (nSPS) is 10.6. The van der Waals surface area contributed by atoms with Crippen LogP contribution in [0.2, 0.25) is 0 Å². The lowest BCUT2D eigenvalue weighted by atomic mass is 10.0. The molecule has 0 saturated carbocycles. The molecule has 0 spiro atoms. The maximum Gasteiger partial charge on any atom is 0.230 e. The summed E-state index contributed by atoms with van der Waals surface area (Å²) in [7, 11) is 0. The maximum atomic E-state index is 5.83. The zero-order chi connectivity index (χ0) is 11.7. The summed E-state index contributed by atoms with van der Waals surface area (Å²) >= 11 is 1.61. The van der Waals surface area contributed by atoms with Gasteiger partial charge < -0.3 is 10.3 Å². The lowest BCUT2D eigenvalue weighted by Crippen LogP contribution is -1.87. The number of aromatic nitrogens is 2. The standard InChI is InChI=1S/C12H9N3OS/c13-12-10(8-2-1-4-14-6-8)11(15-16-12)9-3-5-17-7-9/h1-7H,13H2. The van der Waals surface area contributed by atoms with Gasteiger partial charge >= 0.3 is 0 Å². The molecule has 0 amide bonds. The van der Waals surface area contributed by atoms with Gasteiger partial charge in [-0.1, -0.05) is 11.2 Å². The van der Waals surface area contributed by atoms with Crippen LogP contribution in [0, 0.1) is 0 Å². The third-order valence-electron chi connectivity index (χ3n) is 2.46. The van der Waals surface area contributed by atoms with Crippen molar-refractivity contribution in [2.75, 3.05) is 5.73 Å². The van der Waals surface area contributed by atoms with Crippen molar-refractivity contribution in [3.8, 4) is 22.4 Å². The molecule has 0 radical (unpaired) electrons. The Kier molecular flexibility index (Phi) is 2.38. The van der Waals surface area contributed by atoms with Gasteiger partial charge in [-0.3, -0.25) is 4.98 Å². The predicted molar refractivity (Wildman–Crippen MR) is 67.5 cm³/mol. The summed E-state index contributed by atoms with van der Waals surface area (Å²) in [6.07, 6.45) is 3.47. The van der Waals surface area contributed by atoms with E-state index in [1.807, 2.05) is 29.0 Å². The number of anilines is 1. The summed E-state index contributed by atoms with van der Waals surface area (Å²) < 4.78 is 5.08. The van der Waals surface area contributed by atoms with Crippen molar-refractivity contribution >= 4 is 17.2 Å². The summed E-state index contributed by atoms with van der Waals surface area (Å²) in [4.78, 5) is 4.08. The zero-order valence-electron chi connectivity index (χ0n) is 8.83. The fourth-order valence-corrected chi connectivity index (χ4v) is 2.33. The number of hydrogen-bond acceptors (Lipinski definition) is 5. The molecule has 84 valence electrons. The molecule has 0 saturated heterocycles. The predicted octanol–water partition coefficient (Wildman–Crippen LogP) is 3.05. The Balaban J connectivity index is 2.20. The smallest absolute Gasteiger partial charge is 0.230 e. The van der Waals surface area contributed by atoms with Crippen LogP contribution in [0.1, 0.15) is 0 Å². The summed E-state index contributed by atoms with van der Waals surface area (Å²) in [6, 6.07) is 5.78. The average Bonchev–Trinajstić information content (AvgIpc) is 2.98. The van der Waals surface area contributed by atoms with Crippen molar-refractivity contribution in [1.82, 2.24) is 10.1 Å². The number of nitrogens with zero attached hydrogens (tertiary/aromatic N) is 2. The van der Waals surface area contributed by atoms with Crippen LogP contribution in [-0.4, -0.2) is 10.1 Å². The Morgan fingerprint density at radius 3 is 2.88 bits per heavy atom. The van der Waals surface area contributed by atoms with Gasteiger partial charge in [0, 0.05) is 28.9 Å². The van der Waals surface area contributed by atoms with Crippen molar-refractivity contribution in [2.24, 2.45) is 0 Å². The minimum atomic E-state index is 0.319. The third kappa shape index (κ3) is 1.70. The van der Waals surface area contributed by atoms with Gasteiger partial charge in [0.1, 0.15) is 5.69 Å². The first-order valence-electron chi connectivity index (χ1n) is 5.04. The van der Waals surface area contributed by atoms with Crippen LogP contribution in [0.15, 0.2) is 45.9 Å². The fourth-order valence-electron chi connectivity index (χ4n) is 1.69. The number of nitrogens with two attached hydrogens (primary N) is 1. The Morgan fingerprint density at radius 1 is 1.24 bits per heavy atom. The van der Waals surface area contributed by atoms with Gasteiger partial charge in [0.25, 0.3) is 0 Å². The summed E-state index contributed by atoms with van der Waals surface area (Å²) in [5, 5.41) is 8.02. The van der Waals surface area contributed by atoms with Crippen LogP contribution in [0.25, 0.3) is 22.4 Å². The van der Waals surface area contributed by atoms with Crippen molar-refractivity contribution in [3.63, 3.8) is 0 Å². The van der Waals surface area contributed by atoms with E-state index in [-0.39, 0.29) is 0 Å². The van der Waals surface area contributed by atoms with Crippen LogP contribution in [-0.2, 0) is 0 Å². The van der Waals surface area contributed by atoms with Crippen LogP contribution in [0.3, 0.4) is 0 Å². The van der Waals surface area contributed by atoms with E-state index >= 15 is 0 Å². The van der Waals surface area contributed by atoms with Crippen molar-refractivity contribution in [1.29, 1.82) is 0 Å². The Bertz CT molecular complexity index is 617. The molecule has 17 heavy (non-hydrogen) atoms. The van der Waals surface area contributed by atoms with Gasteiger partial charge in [0.2, 0.25) is 5.88 Å². The second-order valence-corrected chi connectivity index (χ2v) is 4.30. The summed E-state index contributed by atoms with van der Waals surface area (Å²) in [5.41, 5.74) is 9.31. The van der Waals surface area contributed by atoms with E-state index in [1.165, 1.54) is 0 Å². The molecule has 0 bridgehead atoms. The van der Waals surface area contributed by atoms with Gasteiger partial charge in [-0.05, 0) is 17.5 Å². The molecule has 0 aromatic carbocycles. The van der Waals surface area contributed by atoms with Gasteiger partial charge in [0.15, 0.2) is 0 Å². The highest BCUT2D eigenvalue weighted by molar-refractivity contribution is 7.08. The summed E-state index contributed by atoms with van der Waals surface area (Å²) in [5.74, 6) is 0.319. The van der Waals surface area contributed by atoms with E-state index in [9.17, 15) is 0 Å². The van der Waals surface area contributed by atoms with Crippen molar-refractivity contribution < 1.29 is 4.52 Å². The lowest BCUT2D eigenvalue weighted by molar-refractivity contribution is 0.439. The first kappa shape index (κ1) is 10.0. The molecule has 5 heteroatoms. The topological polar surface area (TPSA) is 64.9 Å². The first-order chi connectivity index (χ1) is 8.36. The second kappa shape index (κ2) is 4.03. The fraction of sp³-hybridized carbons (Fsp3) is 0. The highest BCUT2D eigenvalue weighted by Gasteiger charge is 2.17. The quantitative estimate of drug-likeness (QED) is 0.751. The van der Waals surface area contributed by atoms with Crippen molar-refractivity contribution in [3.05, 3.63) is 41.4 Å². The monoisotopic (exact) mass is 243 g/mol. The van der Waals surface area contributed by atoms with Gasteiger partial charge in [0.05, 0.1) is 5.56 Å². The maximum absolute atomic E-state index is 5.83. The van der Waals surface area contributed by atoms with E-state index in [2.05, 4.69) is 10.1 Å². The second-order valence-electron chi connectivity index (χ2n) is 3.52. The molecule has 3 aromatic heterocycles. The molecule has 3 rings (SSSR count). The van der Waals surface area contributed by atoms with Gasteiger partial charge in [-0.25, -0.2) is 0 Å². The SMILES string of the molecule is Nc1onc(-c2ccsc2)c1-c1cccnc1. The van der Waals surface area contributed by atoms with Gasteiger partial charge in [-0.15, -0.1) is 0 Å². The lowest BCUT2D eigenvalue weighted by Gasteiger charge is -1.99. The Morgan fingerprint density at radius 2 is 2.18 bits per heavy atom. The van der Waals surface area contributed by atoms with E-state index in [0.717, 1.165) is 22.4 Å². The van der Waals surface area contributed by atoms with E-state index in [0.29, 0.717) is 5.88 Å². The van der Waals surface area contributed by atoms with Crippen LogP contribution in [0.4, 0.5) is 5.88 Å². The van der Waals surface area contributed by atoms with E-state index in [4.69, 9.17) is 10.3 Å². The molecule has 0 aliphatic heterocycles. The molecule has 4 nitrogen and oxygen atoms in total. The molecule has 0 aliphatic rings. The third-order valence-corrected chi connectivity index (χ3v) is 3.15. The Labute approximate surface area is 102 Å². The first-order valence-corrected chi connectivity index (χ1v) is 5.98. The Hall–Kier alpha value is -2.14. The molecule has 3 heterocycles. The minimum absolute atomic E-state index is 0.319. The molecule has 3 aromatic rings. The molecule has 2 N–H and O–H groups in total. The molecule has 0 atom stereocenters. The number of hydrogen-bond donors (Lipinski definition) is 1. The molecular formula is C12H9N3OS. The number of rotatable bonds is 2. The van der Waals surface area contributed by atoms with Crippen LogP contribution >= 0.6 is 11.3 Å². The van der Waals surface area contributed by atoms with E-state index in [1.54, 1.807) is 23.7 Å². The molecule has 0 unspecified atom stereocenters. The molecule has 0 fully saturated rings. The molecular weight excluding hydrogens is 234 g/mol.